The topological polar surface area (TPSA) is 129 Å². The molecule has 4 N–H and O–H groups in total. The molecule has 0 radical (unpaired) electrons. The minimum atomic E-state index is -1.22. The Bertz CT molecular complexity index is 1240. The third kappa shape index (κ3) is 5.28. The van der Waals surface area contributed by atoms with E-state index in [1.165, 1.54) is 18.9 Å². The number of methoxy groups -OCH3 is 1. The summed E-state index contributed by atoms with van der Waals surface area (Å²) in [6.07, 6.45) is -0.588. The number of fused-ring (bicyclic) bond motifs is 3. The number of nitrogens with zero attached hydrogens (tertiary/aromatic N) is 1. The largest absolute Gasteiger partial charge is 0.493 e. The Kier molecular flexibility index (Phi) is 8.30. The van der Waals surface area contributed by atoms with Gasteiger partial charge in [-0.3, -0.25) is 9.59 Å². The Morgan fingerprint density at radius 1 is 1.19 bits per heavy atom. The van der Waals surface area contributed by atoms with Gasteiger partial charge in [0.05, 0.1) is 32.3 Å². The van der Waals surface area contributed by atoms with E-state index in [2.05, 4.69) is 5.32 Å². The average Bonchev–Trinajstić information content (AvgIpc) is 3.26. The Balaban J connectivity index is 1.80. The molecule has 37 heavy (non-hydrogen) atoms. The van der Waals surface area contributed by atoms with Gasteiger partial charge in [-0.25, -0.2) is 0 Å². The smallest absolute Gasteiger partial charge is 0.247 e. The van der Waals surface area contributed by atoms with Gasteiger partial charge in [-0.15, -0.1) is 0 Å². The quantitative estimate of drug-likeness (QED) is 0.396. The second-order valence-corrected chi connectivity index (χ2v) is 9.74. The number of hydrogen-bond donors (Lipinski definition) is 4. The second kappa shape index (κ2) is 11.3. The predicted molar refractivity (Wildman–Crippen MR) is 137 cm³/mol. The number of carbonyl (C=O) groups is 2. The first-order valence-electron chi connectivity index (χ1n) is 11.7. The van der Waals surface area contributed by atoms with Crippen molar-refractivity contribution in [1.29, 1.82) is 0 Å². The zero-order chi connectivity index (χ0) is 26.9. The fourth-order valence-corrected chi connectivity index (χ4v) is 5.35. The number of aliphatic hydroxyl groups excluding tert-OH is 3. The Morgan fingerprint density at radius 2 is 1.95 bits per heavy atom. The van der Waals surface area contributed by atoms with Crippen LogP contribution in [0.15, 0.2) is 42.0 Å². The van der Waals surface area contributed by atoms with E-state index in [1.807, 2.05) is 0 Å². The highest BCUT2D eigenvalue weighted by molar-refractivity contribution is 6.35. The van der Waals surface area contributed by atoms with Crippen LogP contribution in [0.25, 0.3) is 0 Å². The molecule has 2 aliphatic rings. The maximum absolute atomic E-state index is 13.3. The van der Waals surface area contributed by atoms with E-state index in [4.69, 9.17) is 32.7 Å². The zero-order valence-corrected chi connectivity index (χ0v) is 21.8. The maximum Gasteiger partial charge on any atom is 0.247 e. The minimum Gasteiger partial charge on any atom is -0.493 e. The monoisotopic (exact) mass is 550 g/mol. The third-order valence-electron chi connectivity index (χ3n) is 6.61. The van der Waals surface area contributed by atoms with Crippen LogP contribution in [0.4, 0.5) is 0 Å². The van der Waals surface area contributed by atoms with Crippen LogP contribution in [0.2, 0.25) is 10.0 Å². The standard InChI is InChI=1S/C26H28Cl2N2O7/c1-13(33)30(11-15-3-4-16(27)9-19(15)28)20-10-18(26(35)29-5-6-31)22-17-7-14(12-32)8-21(36-2)24(17)37-25(22)23(20)34/h3-4,7-10,20,22-23,25,31-32,34H,5-6,11-12H2,1-2H3,(H,29,35)/t20-,22+,23+,25+/m1/s1. The maximum atomic E-state index is 13.3. The first kappa shape index (κ1) is 27.2. The highest BCUT2D eigenvalue weighted by atomic mass is 35.5. The molecular weight excluding hydrogens is 523 g/mol. The molecule has 2 aromatic rings. The van der Waals surface area contributed by atoms with Crippen molar-refractivity contribution in [3.8, 4) is 11.5 Å². The van der Waals surface area contributed by atoms with Gasteiger partial charge in [0, 0.05) is 41.2 Å². The van der Waals surface area contributed by atoms with Crippen molar-refractivity contribution in [2.45, 2.75) is 44.2 Å². The summed E-state index contributed by atoms with van der Waals surface area (Å²) in [4.78, 5) is 27.5. The number of aliphatic hydroxyl groups is 3. The molecule has 0 saturated heterocycles. The highest BCUT2D eigenvalue weighted by Gasteiger charge is 2.51. The van der Waals surface area contributed by atoms with Crippen molar-refractivity contribution >= 4 is 35.0 Å². The lowest BCUT2D eigenvalue weighted by atomic mass is 9.77. The molecule has 1 aliphatic carbocycles. The summed E-state index contributed by atoms with van der Waals surface area (Å²) in [5, 5.41) is 34.0. The van der Waals surface area contributed by atoms with Crippen LogP contribution < -0.4 is 14.8 Å². The zero-order valence-electron chi connectivity index (χ0n) is 20.3. The van der Waals surface area contributed by atoms with Crippen LogP contribution in [-0.4, -0.2) is 70.5 Å². The van der Waals surface area contributed by atoms with E-state index in [1.54, 1.807) is 36.4 Å². The summed E-state index contributed by atoms with van der Waals surface area (Å²) >= 11 is 12.4. The molecule has 198 valence electrons. The minimum absolute atomic E-state index is 0.0191. The lowest BCUT2D eigenvalue weighted by Crippen LogP contribution is -2.55. The molecule has 4 rings (SSSR count). The van der Waals surface area contributed by atoms with Crippen LogP contribution in [0.3, 0.4) is 0 Å². The summed E-state index contributed by atoms with van der Waals surface area (Å²) in [5.74, 6) is -0.820. The molecule has 1 aliphatic heterocycles. The lowest BCUT2D eigenvalue weighted by Gasteiger charge is -2.40. The number of benzene rings is 2. The molecule has 0 saturated carbocycles. The highest BCUT2D eigenvalue weighted by Crippen LogP contribution is 2.51. The molecule has 9 nitrogen and oxygen atoms in total. The van der Waals surface area contributed by atoms with Crippen molar-refractivity contribution in [2.24, 2.45) is 0 Å². The summed E-state index contributed by atoms with van der Waals surface area (Å²) in [7, 11) is 1.46. The predicted octanol–water partition coefficient (Wildman–Crippen LogP) is 2.17. The van der Waals surface area contributed by atoms with Crippen molar-refractivity contribution in [3.05, 3.63) is 68.7 Å². The normalized spacial score (nSPS) is 21.9. The summed E-state index contributed by atoms with van der Waals surface area (Å²) < 4.78 is 11.6. The van der Waals surface area contributed by atoms with Crippen molar-refractivity contribution < 1.29 is 34.4 Å². The van der Waals surface area contributed by atoms with Crippen LogP contribution in [-0.2, 0) is 22.7 Å². The van der Waals surface area contributed by atoms with Crippen molar-refractivity contribution in [2.75, 3.05) is 20.3 Å². The van der Waals surface area contributed by atoms with E-state index in [0.717, 1.165) is 0 Å². The Morgan fingerprint density at radius 3 is 2.57 bits per heavy atom. The molecule has 4 atom stereocenters. The van der Waals surface area contributed by atoms with E-state index >= 15 is 0 Å². The fourth-order valence-electron chi connectivity index (χ4n) is 4.88. The number of halogens is 2. The fraction of sp³-hybridized carbons (Fsp3) is 0.385. The third-order valence-corrected chi connectivity index (χ3v) is 7.20. The van der Waals surface area contributed by atoms with E-state index in [-0.39, 0.29) is 37.8 Å². The summed E-state index contributed by atoms with van der Waals surface area (Å²) in [6, 6.07) is 7.31. The molecule has 0 spiro atoms. The van der Waals surface area contributed by atoms with E-state index < -0.39 is 30.1 Å². The number of ether oxygens (including phenoxy) is 2. The van der Waals surface area contributed by atoms with Crippen molar-refractivity contribution in [1.82, 2.24) is 10.2 Å². The summed E-state index contributed by atoms with van der Waals surface area (Å²) in [6.45, 7) is 0.913. The molecule has 0 bridgehead atoms. The van der Waals surface area contributed by atoms with Crippen LogP contribution in [0, 0.1) is 0 Å². The van der Waals surface area contributed by atoms with Crippen LogP contribution in [0.1, 0.15) is 29.5 Å². The second-order valence-electron chi connectivity index (χ2n) is 8.90. The van der Waals surface area contributed by atoms with Gasteiger partial charge in [0.25, 0.3) is 0 Å². The molecule has 1 heterocycles. The van der Waals surface area contributed by atoms with Gasteiger partial charge in [0.15, 0.2) is 11.5 Å². The van der Waals surface area contributed by atoms with Gasteiger partial charge in [-0.05, 0) is 41.5 Å². The molecule has 2 amide bonds. The van der Waals surface area contributed by atoms with Gasteiger partial charge >= 0.3 is 0 Å². The van der Waals surface area contributed by atoms with Gasteiger partial charge in [-0.2, -0.15) is 0 Å². The van der Waals surface area contributed by atoms with Crippen LogP contribution >= 0.6 is 23.2 Å². The van der Waals surface area contributed by atoms with Gasteiger partial charge in [0.1, 0.15) is 12.2 Å². The molecule has 11 heteroatoms. The first-order valence-corrected chi connectivity index (χ1v) is 12.4. The number of rotatable bonds is 8. The van der Waals surface area contributed by atoms with E-state index in [0.29, 0.717) is 38.2 Å². The number of hydrogen-bond acceptors (Lipinski definition) is 7. The lowest BCUT2D eigenvalue weighted by molar-refractivity contribution is -0.135. The Labute approximate surface area is 224 Å². The molecule has 2 aromatic carbocycles. The van der Waals surface area contributed by atoms with Gasteiger partial charge < -0.3 is 35.0 Å². The van der Waals surface area contributed by atoms with Crippen molar-refractivity contribution in [3.63, 3.8) is 0 Å². The summed E-state index contributed by atoms with van der Waals surface area (Å²) in [5.41, 5.74) is 2.00. The first-order chi connectivity index (χ1) is 17.7. The Hall–Kier alpha value is -2.82. The van der Waals surface area contributed by atoms with E-state index in [9.17, 15) is 24.9 Å². The SMILES string of the molecule is COc1cc(CO)cc2c1O[C@@H]1[C@@H](O)[C@H](N(Cc3ccc(Cl)cc3Cl)C(C)=O)C=C(C(=O)NCCO)[C@H]21. The average molecular weight is 551 g/mol. The number of nitrogens with one attached hydrogen (secondary N) is 1. The molecule has 0 aromatic heterocycles. The van der Waals surface area contributed by atoms with Gasteiger partial charge in [-0.1, -0.05) is 29.3 Å². The number of carbonyl (C=O) groups excluding carboxylic acids is 2. The number of amides is 2. The van der Waals surface area contributed by atoms with Crippen LogP contribution in [0.5, 0.6) is 11.5 Å². The molecule has 0 unspecified atom stereocenters. The molecule has 0 fully saturated rings. The molecular formula is C26H28Cl2N2O7. The van der Waals surface area contributed by atoms with Gasteiger partial charge in [0.2, 0.25) is 11.8 Å².